The van der Waals surface area contributed by atoms with E-state index in [0.29, 0.717) is 17.5 Å². The van der Waals surface area contributed by atoms with Crippen LogP contribution >= 0.6 is 0 Å². The highest BCUT2D eigenvalue weighted by molar-refractivity contribution is 5.99. The first-order chi connectivity index (χ1) is 8.81. The molecular formula is C14H18F3NO. The first-order valence-electron chi connectivity index (χ1n) is 6.23. The number of Topliss-reactive ketones (excluding diaryl/α,β-unsaturated/α-hetero) is 1. The second kappa shape index (κ2) is 6.19. The van der Waals surface area contributed by atoms with Crippen molar-refractivity contribution in [2.45, 2.75) is 32.9 Å². The molecule has 0 saturated heterocycles. The number of benzene rings is 1. The summed E-state index contributed by atoms with van der Waals surface area (Å²) < 4.78 is 37.6. The molecule has 19 heavy (non-hydrogen) atoms. The maximum absolute atomic E-state index is 12.5. The monoisotopic (exact) mass is 273 g/mol. The van der Waals surface area contributed by atoms with Crippen molar-refractivity contribution in [1.29, 1.82) is 0 Å². The van der Waals surface area contributed by atoms with Gasteiger partial charge in [-0.15, -0.1) is 0 Å². The molecule has 0 fully saturated rings. The molecule has 0 aliphatic rings. The molecule has 0 saturated carbocycles. The Hall–Kier alpha value is -1.36. The smallest absolute Gasteiger partial charge is 0.330 e. The molecule has 0 aliphatic carbocycles. The zero-order chi connectivity index (χ0) is 14.6. The summed E-state index contributed by atoms with van der Waals surface area (Å²) >= 11 is 0. The Kier molecular flexibility index (Phi) is 5.11. The van der Waals surface area contributed by atoms with Crippen molar-refractivity contribution in [2.75, 3.05) is 6.54 Å². The second-order valence-corrected chi connectivity index (χ2v) is 4.61. The van der Waals surface area contributed by atoms with Gasteiger partial charge in [-0.1, -0.05) is 19.4 Å². The maximum atomic E-state index is 12.5. The number of carbonyl (C=O) groups is 1. The third-order valence-corrected chi connectivity index (χ3v) is 3.11. The Morgan fingerprint density at radius 3 is 2.42 bits per heavy atom. The van der Waals surface area contributed by atoms with Crippen molar-refractivity contribution in [1.82, 2.24) is 0 Å². The van der Waals surface area contributed by atoms with Gasteiger partial charge in [0.15, 0.2) is 5.78 Å². The molecule has 1 atom stereocenters. The molecule has 0 aliphatic heterocycles. The van der Waals surface area contributed by atoms with Gasteiger partial charge in [-0.2, -0.15) is 13.2 Å². The first kappa shape index (κ1) is 15.7. The number of carbonyl (C=O) groups excluding carboxylic acids is 1. The molecule has 106 valence electrons. The average Bonchev–Trinajstić information content (AvgIpc) is 2.34. The quantitative estimate of drug-likeness (QED) is 0.833. The highest BCUT2D eigenvalue weighted by atomic mass is 19.4. The molecule has 0 bridgehead atoms. The van der Waals surface area contributed by atoms with E-state index in [1.54, 1.807) is 0 Å². The molecule has 5 heteroatoms. The number of halogens is 3. The van der Waals surface area contributed by atoms with Crippen LogP contribution in [-0.4, -0.2) is 12.3 Å². The fourth-order valence-electron chi connectivity index (χ4n) is 2.04. The largest absolute Gasteiger partial charge is 0.416 e. The van der Waals surface area contributed by atoms with Crippen LogP contribution in [0.25, 0.3) is 0 Å². The third-order valence-electron chi connectivity index (χ3n) is 3.11. The van der Waals surface area contributed by atoms with Crippen molar-refractivity contribution >= 4 is 5.78 Å². The van der Waals surface area contributed by atoms with Gasteiger partial charge >= 0.3 is 6.18 Å². The lowest BCUT2D eigenvalue weighted by molar-refractivity contribution is -0.137. The van der Waals surface area contributed by atoms with E-state index in [9.17, 15) is 18.0 Å². The third kappa shape index (κ3) is 3.80. The van der Waals surface area contributed by atoms with Crippen LogP contribution in [0.2, 0.25) is 0 Å². The van der Waals surface area contributed by atoms with E-state index in [1.165, 1.54) is 13.0 Å². The molecular weight excluding hydrogens is 255 g/mol. The average molecular weight is 273 g/mol. The molecule has 0 heterocycles. The molecule has 0 aromatic heterocycles. The number of hydrogen-bond donors (Lipinski definition) is 1. The van der Waals surface area contributed by atoms with Crippen LogP contribution in [-0.2, 0) is 6.18 Å². The minimum atomic E-state index is -4.39. The van der Waals surface area contributed by atoms with Crippen molar-refractivity contribution in [3.8, 4) is 0 Å². The molecule has 2 N–H and O–H groups in total. The van der Waals surface area contributed by atoms with Gasteiger partial charge in [-0.3, -0.25) is 4.79 Å². The lowest BCUT2D eigenvalue weighted by Gasteiger charge is -2.15. The van der Waals surface area contributed by atoms with Crippen LogP contribution in [0.1, 0.15) is 41.3 Å². The van der Waals surface area contributed by atoms with Crippen molar-refractivity contribution in [3.05, 3.63) is 34.9 Å². The van der Waals surface area contributed by atoms with Gasteiger partial charge in [0.05, 0.1) is 5.56 Å². The number of aryl methyl sites for hydroxylation is 1. The zero-order valence-corrected chi connectivity index (χ0v) is 11.1. The first-order valence-corrected chi connectivity index (χ1v) is 6.23. The second-order valence-electron chi connectivity index (χ2n) is 4.61. The van der Waals surface area contributed by atoms with Gasteiger partial charge in [0.1, 0.15) is 0 Å². The Morgan fingerprint density at radius 2 is 2.00 bits per heavy atom. The van der Waals surface area contributed by atoms with Crippen LogP contribution in [0.5, 0.6) is 0 Å². The van der Waals surface area contributed by atoms with E-state index in [0.717, 1.165) is 18.6 Å². The van der Waals surface area contributed by atoms with Crippen molar-refractivity contribution in [3.63, 3.8) is 0 Å². The highest BCUT2D eigenvalue weighted by Gasteiger charge is 2.31. The summed E-state index contributed by atoms with van der Waals surface area (Å²) in [5.41, 5.74) is 5.48. The van der Waals surface area contributed by atoms with Crippen LogP contribution in [0, 0.1) is 12.8 Å². The van der Waals surface area contributed by atoms with E-state index < -0.39 is 11.7 Å². The highest BCUT2D eigenvalue weighted by Crippen LogP contribution is 2.31. The number of nitrogens with two attached hydrogens (primary N) is 1. The van der Waals surface area contributed by atoms with Gasteiger partial charge in [0.2, 0.25) is 0 Å². The number of alkyl halides is 3. The van der Waals surface area contributed by atoms with E-state index >= 15 is 0 Å². The normalized spacial score (nSPS) is 13.4. The zero-order valence-electron chi connectivity index (χ0n) is 11.1. The molecule has 2 nitrogen and oxygen atoms in total. The van der Waals surface area contributed by atoms with Crippen LogP contribution < -0.4 is 5.73 Å². The van der Waals surface area contributed by atoms with Crippen LogP contribution in [0.4, 0.5) is 13.2 Å². The summed E-state index contributed by atoms with van der Waals surface area (Å²) in [5.74, 6) is -0.490. The Bertz CT molecular complexity index is 454. The molecule has 0 amide bonds. The summed E-state index contributed by atoms with van der Waals surface area (Å²) in [7, 11) is 0. The predicted molar refractivity (Wildman–Crippen MR) is 68.0 cm³/mol. The van der Waals surface area contributed by atoms with E-state index in [-0.39, 0.29) is 18.2 Å². The van der Waals surface area contributed by atoms with Crippen molar-refractivity contribution in [2.24, 2.45) is 11.7 Å². The van der Waals surface area contributed by atoms with E-state index in [4.69, 9.17) is 5.73 Å². The predicted octanol–water partition coefficient (Wildman–Crippen LogP) is 3.57. The molecule has 1 aromatic carbocycles. The minimum absolute atomic E-state index is 0.171. The lowest BCUT2D eigenvalue weighted by atomic mass is 9.90. The Labute approximate surface area is 110 Å². The lowest BCUT2D eigenvalue weighted by Crippen LogP contribution is -2.24. The number of rotatable bonds is 5. The van der Waals surface area contributed by atoms with E-state index in [1.807, 2.05) is 6.92 Å². The van der Waals surface area contributed by atoms with E-state index in [2.05, 4.69) is 0 Å². The number of hydrogen-bond acceptors (Lipinski definition) is 2. The van der Waals surface area contributed by atoms with Gasteiger partial charge in [0, 0.05) is 18.0 Å². The summed E-state index contributed by atoms with van der Waals surface area (Å²) in [6, 6.07) is 3.20. The SMILES string of the molecule is CCCC(CN)C(=O)c1ccc(C(F)(F)F)cc1C. The van der Waals surface area contributed by atoms with Gasteiger partial charge in [-0.05, 0) is 31.0 Å². The fraction of sp³-hybridized carbons (Fsp3) is 0.500. The van der Waals surface area contributed by atoms with Gasteiger partial charge in [-0.25, -0.2) is 0 Å². The molecule has 1 aromatic rings. The summed E-state index contributed by atoms with van der Waals surface area (Å²) in [5, 5.41) is 0. The molecule has 1 unspecified atom stereocenters. The molecule has 0 radical (unpaired) electrons. The summed E-state index contributed by atoms with van der Waals surface area (Å²) in [4.78, 5) is 12.2. The standard InChI is InChI=1S/C14H18F3NO/c1-3-4-10(8-18)13(19)12-6-5-11(7-9(12)2)14(15,16)17/h5-7,10H,3-4,8,18H2,1-2H3. The molecule has 0 spiro atoms. The summed E-state index contributed by atoms with van der Waals surface area (Å²) in [6.45, 7) is 3.67. The maximum Gasteiger partial charge on any atom is 0.416 e. The number of ketones is 1. The topological polar surface area (TPSA) is 43.1 Å². The van der Waals surface area contributed by atoms with Gasteiger partial charge in [0.25, 0.3) is 0 Å². The van der Waals surface area contributed by atoms with Crippen LogP contribution in [0.3, 0.4) is 0 Å². The van der Waals surface area contributed by atoms with Crippen molar-refractivity contribution < 1.29 is 18.0 Å². The van der Waals surface area contributed by atoms with Gasteiger partial charge < -0.3 is 5.73 Å². The molecule has 1 rings (SSSR count). The minimum Gasteiger partial charge on any atom is -0.330 e. The summed E-state index contributed by atoms with van der Waals surface area (Å²) in [6.07, 6.45) is -2.92. The fourth-order valence-corrected chi connectivity index (χ4v) is 2.04. The van der Waals surface area contributed by atoms with Crippen LogP contribution in [0.15, 0.2) is 18.2 Å². The Morgan fingerprint density at radius 1 is 1.37 bits per heavy atom. The Balaban J connectivity index is 3.05.